The first kappa shape index (κ1) is 8.53. The highest BCUT2D eigenvalue weighted by Gasteiger charge is 2.14. The van der Waals surface area contributed by atoms with Gasteiger partial charge in [0.2, 0.25) is 0 Å². The smallest absolute Gasteiger partial charge is 0.305 e. The molecular weight excluding hydrogens is 115 g/mol. The van der Waals surface area contributed by atoms with Gasteiger partial charge in [0.05, 0.1) is 15.0 Å². The maximum Gasteiger partial charge on any atom is 0.305 e. The molecule has 0 N–H and O–H groups in total. The average molecular weight is 126 g/mol. The standard InChI is InChI=1S/C6H11BO2/c1-6(2,7)4-5(8)9-3/h4H2,1-3H3. The van der Waals surface area contributed by atoms with Crippen molar-refractivity contribution in [3.05, 3.63) is 0 Å². The van der Waals surface area contributed by atoms with Crippen LogP contribution in [-0.2, 0) is 9.53 Å². The molecule has 0 aliphatic carbocycles. The average Bonchev–Trinajstić information content (AvgIpc) is 1.62. The molecule has 0 amide bonds. The van der Waals surface area contributed by atoms with E-state index in [1.807, 2.05) is 0 Å². The number of hydrogen-bond donors (Lipinski definition) is 0. The summed E-state index contributed by atoms with van der Waals surface area (Å²) >= 11 is 0. The second kappa shape index (κ2) is 2.90. The van der Waals surface area contributed by atoms with Gasteiger partial charge in [-0.2, -0.15) is 0 Å². The summed E-state index contributed by atoms with van der Waals surface area (Å²) in [6.45, 7) is 3.56. The van der Waals surface area contributed by atoms with Gasteiger partial charge in [-0.3, -0.25) is 4.79 Å². The fourth-order valence-electron chi connectivity index (χ4n) is 0.444. The minimum absolute atomic E-state index is 0.262. The molecule has 0 aromatic rings. The van der Waals surface area contributed by atoms with Crippen LogP contribution >= 0.6 is 0 Å². The molecule has 0 aromatic carbocycles. The highest BCUT2D eigenvalue weighted by Crippen LogP contribution is 2.23. The topological polar surface area (TPSA) is 26.3 Å². The van der Waals surface area contributed by atoms with Crippen molar-refractivity contribution >= 4 is 13.8 Å². The fourth-order valence-corrected chi connectivity index (χ4v) is 0.444. The molecule has 0 fully saturated rings. The van der Waals surface area contributed by atoms with Crippen molar-refractivity contribution in [3.63, 3.8) is 0 Å². The van der Waals surface area contributed by atoms with Gasteiger partial charge in [-0.1, -0.05) is 19.2 Å². The number of methoxy groups -OCH3 is 1. The third kappa shape index (κ3) is 5.41. The summed E-state index contributed by atoms with van der Waals surface area (Å²) in [5, 5.41) is -0.451. The number of rotatable bonds is 2. The minimum Gasteiger partial charge on any atom is -0.469 e. The van der Waals surface area contributed by atoms with Crippen molar-refractivity contribution in [2.24, 2.45) is 0 Å². The van der Waals surface area contributed by atoms with E-state index in [2.05, 4.69) is 4.74 Å². The molecule has 3 heteroatoms. The van der Waals surface area contributed by atoms with Crippen LogP contribution in [0.15, 0.2) is 0 Å². The van der Waals surface area contributed by atoms with Crippen LogP contribution in [-0.4, -0.2) is 20.9 Å². The SMILES string of the molecule is [B]C(C)(C)CC(=O)OC. The van der Waals surface area contributed by atoms with E-state index in [-0.39, 0.29) is 12.4 Å². The molecule has 9 heavy (non-hydrogen) atoms. The second-order valence-corrected chi connectivity index (χ2v) is 2.74. The summed E-state index contributed by atoms with van der Waals surface area (Å²) in [4.78, 5) is 10.5. The number of carbonyl (C=O) groups is 1. The highest BCUT2D eigenvalue weighted by atomic mass is 16.5. The van der Waals surface area contributed by atoms with Crippen LogP contribution in [0.2, 0.25) is 5.31 Å². The van der Waals surface area contributed by atoms with E-state index in [4.69, 9.17) is 7.85 Å². The van der Waals surface area contributed by atoms with Crippen LogP contribution in [0.1, 0.15) is 20.3 Å². The first-order valence-electron chi connectivity index (χ1n) is 2.81. The summed E-state index contributed by atoms with van der Waals surface area (Å²) in [6.07, 6.45) is 0.267. The zero-order valence-corrected chi connectivity index (χ0v) is 6.10. The molecule has 0 atom stereocenters. The van der Waals surface area contributed by atoms with Crippen molar-refractivity contribution < 1.29 is 9.53 Å². The summed E-state index contributed by atoms with van der Waals surface area (Å²) in [5.74, 6) is -0.262. The van der Waals surface area contributed by atoms with Crippen LogP contribution in [0.25, 0.3) is 0 Å². The molecule has 0 spiro atoms. The molecule has 0 saturated carbocycles. The van der Waals surface area contributed by atoms with Gasteiger partial charge in [0.1, 0.15) is 0 Å². The molecule has 2 nitrogen and oxygen atoms in total. The predicted octanol–water partition coefficient (Wildman–Crippen LogP) is 0.916. The third-order valence-electron chi connectivity index (χ3n) is 0.828. The Balaban J connectivity index is 3.60. The van der Waals surface area contributed by atoms with Crippen LogP contribution in [0, 0.1) is 0 Å². The third-order valence-corrected chi connectivity index (χ3v) is 0.828. The van der Waals surface area contributed by atoms with Crippen LogP contribution in [0.3, 0.4) is 0 Å². The lowest BCUT2D eigenvalue weighted by Crippen LogP contribution is -2.11. The predicted molar refractivity (Wildman–Crippen MR) is 36.4 cm³/mol. The Hall–Kier alpha value is -0.465. The number of hydrogen-bond acceptors (Lipinski definition) is 2. The largest absolute Gasteiger partial charge is 0.469 e. The fraction of sp³-hybridized carbons (Fsp3) is 0.833. The Bertz CT molecular complexity index is 104. The molecule has 2 radical (unpaired) electrons. The maximum atomic E-state index is 10.5. The van der Waals surface area contributed by atoms with Crippen molar-refractivity contribution in [2.75, 3.05) is 7.11 Å². The molecule has 0 bridgehead atoms. The van der Waals surface area contributed by atoms with Gasteiger partial charge in [-0.05, 0) is 0 Å². The van der Waals surface area contributed by atoms with E-state index < -0.39 is 5.31 Å². The lowest BCUT2D eigenvalue weighted by atomic mass is 9.70. The first-order valence-corrected chi connectivity index (χ1v) is 2.81. The molecular formula is C6H11BO2. The summed E-state index contributed by atoms with van der Waals surface area (Å²) in [6, 6.07) is 0. The zero-order valence-electron chi connectivity index (χ0n) is 6.10. The van der Waals surface area contributed by atoms with E-state index >= 15 is 0 Å². The van der Waals surface area contributed by atoms with Gasteiger partial charge in [-0.25, -0.2) is 0 Å². The lowest BCUT2D eigenvalue weighted by Gasteiger charge is -2.15. The molecule has 0 rings (SSSR count). The molecule has 0 unspecified atom stereocenters. The minimum atomic E-state index is -0.451. The Kier molecular flexibility index (Phi) is 2.75. The van der Waals surface area contributed by atoms with E-state index in [0.717, 1.165) is 0 Å². The molecule has 50 valence electrons. The summed E-state index contributed by atoms with van der Waals surface area (Å²) < 4.78 is 4.41. The van der Waals surface area contributed by atoms with E-state index in [1.54, 1.807) is 13.8 Å². The number of esters is 1. The second-order valence-electron chi connectivity index (χ2n) is 2.74. The molecule has 0 saturated heterocycles. The van der Waals surface area contributed by atoms with Gasteiger partial charge in [0.15, 0.2) is 0 Å². The molecule has 0 heterocycles. The highest BCUT2D eigenvalue weighted by molar-refractivity contribution is 6.15. The van der Waals surface area contributed by atoms with E-state index in [9.17, 15) is 4.79 Å². The quantitative estimate of drug-likeness (QED) is 0.406. The number of carbonyl (C=O) groups excluding carboxylic acids is 1. The van der Waals surface area contributed by atoms with Gasteiger partial charge in [0.25, 0.3) is 0 Å². The lowest BCUT2D eigenvalue weighted by molar-refractivity contribution is -0.141. The summed E-state index contributed by atoms with van der Waals surface area (Å²) in [5.41, 5.74) is 0. The van der Waals surface area contributed by atoms with E-state index in [0.29, 0.717) is 0 Å². The van der Waals surface area contributed by atoms with Gasteiger partial charge in [0, 0.05) is 6.42 Å². The Morgan fingerprint density at radius 1 is 1.67 bits per heavy atom. The van der Waals surface area contributed by atoms with Crippen molar-refractivity contribution in [1.82, 2.24) is 0 Å². The van der Waals surface area contributed by atoms with Crippen molar-refractivity contribution in [3.8, 4) is 0 Å². The molecule has 0 aliphatic rings. The van der Waals surface area contributed by atoms with Gasteiger partial charge >= 0.3 is 5.97 Å². The number of ether oxygens (including phenoxy) is 1. The van der Waals surface area contributed by atoms with Gasteiger partial charge in [-0.15, -0.1) is 0 Å². The van der Waals surface area contributed by atoms with Crippen molar-refractivity contribution in [1.29, 1.82) is 0 Å². The normalized spacial score (nSPS) is 11.0. The van der Waals surface area contributed by atoms with E-state index in [1.165, 1.54) is 7.11 Å². The monoisotopic (exact) mass is 126 g/mol. The zero-order chi connectivity index (χ0) is 7.49. The molecule has 0 aliphatic heterocycles. The Morgan fingerprint density at radius 3 is 2.22 bits per heavy atom. The molecule has 0 aromatic heterocycles. The van der Waals surface area contributed by atoms with Crippen molar-refractivity contribution in [2.45, 2.75) is 25.6 Å². The first-order chi connectivity index (χ1) is 3.95. The van der Waals surface area contributed by atoms with Crippen LogP contribution in [0.4, 0.5) is 0 Å². The maximum absolute atomic E-state index is 10.5. The summed E-state index contributed by atoms with van der Waals surface area (Å²) in [7, 11) is 6.87. The van der Waals surface area contributed by atoms with Crippen LogP contribution < -0.4 is 0 Å². The van der Waals surface area contributed by atoms with Crippen LogP contribution in [0.5, 0.6) is 0 Å². The van der Waals surface area contributed by atoms with Gasteiger partial charge < -0.3 is 4.74 Å². The Morgan fingerprint density at radius 2 is 2.11 bits per heavy atom. The Labute approximate surface area is 57.0 Å².